The summed E-state index contributed by atoms with van der Waals surface area (Å²) in [4.78, 5) is 0. The van der Waals surface area contributed by atoms with Crippen LogP contribution in [0.3, 0.4) is 0 Å². The molecule has 0 heterocycles. The molecule has 0 saturated heterocycles. The van der Waals surface area contributed by atoms with Crippen LogP contribution in [-0.4, -0.2) is 0 Å². The van der Waals surface area contributed by atoms with E-state index < -0.39 is 0 Å². The molecule has 0 spiro atoms. The van der Waals surface area contributed by atoms with Crippen molar-refractivity contribution in [3.63, 3.8) is 0 Å². The Hall–Kier alpha value is -1.31. The van der Waals surface area contributed by atoms with Crippen molar-refractivity contribution in [3.05, 3.63) is 14.7 Å². The molecule has 18 heavy (non-hydrogen) atoms. The van der Waals surface area contributed by atoms with Crippen LogP contribution < -0.4 is 28.7 Å². The molecule has 1 aromatic rings. The van der Waals surface area contributed by atoms with Gasteiger partial charge in [-0.2, -0.15) is 0 Å². The Bertz CT molecular complexity index is 491. The second-order valence-electron chi connectivity index (χ2n) is 4.57. The zero-order chi connectivity index (χ0) is 14.2. The zero-order valence-corrected chi connectivity index (χ0v) is 13.0. The SMILES string of the molecule is Cc1c(N)c(N)c(N)c(N)c1/C(N)=C(\I)C(C)C. The molecule has 10 N–H and O–H groups in total. The predicted octanol–water partition coefficient (Wildman–Crippen LogP) is 2.04. The van der Waals surface area contributed by atoms with E-state index in [4.69, 9.17) is 28.7 Å². The molecule has 0 saturated carbocycles. The van der Waals surface area contributed by atoms with E-state index in [1.54, 1.807) is 0 Å². The Balaban J connectivity index is 3.67. The molecule has 0 aliphatic heterocycles. The van der Waals surface area contributed by atoms with E-state index in [-0.39, 0.29) is 0 Å². The van der Waals surface area contributed by atoms with Crippen molar-refractivity contribution in [1.82, 2.24) is 0 Å². The molecule has 0 aromatic heterocycles. The molecule has 0 bridgehead atoms. The van der Waals surface area contributed by atoms with Gasteiger partial charge in [0.05, 0.1) is 28.4 Å². The summed E-state index contributed by atoms with van der Waals surface area (Å²) in [5, 5.41) is 0. The fraction of sp³-hybridized carbons (Fsp3) is 0.333. The minimum absolute atomic E-state index is 0.295. The van der Waals surface area contributed by atoms with E-state index >= 15 is 0 Å². The fourth-order valence-corrected chi connectivity index (χ4v) is 2.01. The summed E-state index contributed by atoms with van der Waals surface area (Å²) in [6, 6.07) is 0. The van der Waals surface area contributed by atoms with Crippen LogP contribution in [0.2, 0.25) is 0 Å². The molecule has 0 fully saturated rings. The van der Waals surface area contributed by atoms with Gasteiger partial charge in [-0.15, -0.1) is 0 Å². The van der Waals surface area contributed by atoms with E-state index in [2.05, 4.69) is 36.4 Å². The molecule has 0 unspecified atom stereocenters. The Morgan fingerprint density at radius 1 is 0.944 bits per heavy atom. The average molecular weight is 361 g/mol. The third-order valence-electron chi connectivity index (χ3n) is 2.95. The molecule has 5 nitrogen and oxygen atoms in total. The number of rotatable bonds is 2. The lowest BCUT2D eigenvalue weighted by atomic mass is 9.97. The summed E-state index contributed by atoms with van der Waals surface area (Å²) >= 11 is 2.21. The second kappa shape index (κ2) is 5.13. The first-order valence-electron chi connectivity index (χ1n) is 5.58. The van der Waals surface area contributed by atoms with Gasteiger partial charge in [0.15, 0.2) is 0 Å². The van der Waals surface area contributed by atoms with Crippen molar-refractivity contribution in [3.8, 4) is 0 Å². The van der Waals surface area contributed by atoms with Crippen LogP contribution in [0.15, 0.2) is 3.58 Å². The lowest BCUT2D eigenvalue weighted by molar-refractivity contribution is 0.825. The minimum Gasteiger partial charge on any atom is -0.398 e. The molecular formula is C12H20IN5. The highest BCUT2D eigenvalue weighted by Gasteiger charge is 2.19. The molecule has 0 atom stereocenters. The molecule has 1 aromatic carbocycles. The molecule has 0 aliphatic rings. The van der Waals surface area contributed by atoms with Crippen molar-refractivity contribution >= 4 is 51.0 Å². The first-order chi connectivity index (χ1) is 8.20. The largest absolute Gasteiger partial charge is 0.398 e. The fourth-order valence-electron chi connectivity index (χ4n) is 1.74. The smallest absolute Gasteiger partial charge is 0.0809 e. The number of anilines is 4. The molecular weight excluding hydrogens is 341 g/mol. The van der Waals surface area contributed by atoms with Crippen LogP contribution in [0.25, 0.3) is 5.70 Å². The van der Waals surface area contributed by atoms with E-state index in [1.165, 1.54) is 0 Å². The predicted molar refractivity (Wildman–Crippen MR) is 88.8 cm³/mol. The molecule has 6 heteroatoms. The number of hydrogen-bond acceptors (Lipinski definition) is 5. The van der Waals surface area contributed by atoms with Crippen molar-refractivity contribution < 1.29 is 0 Å². The summed E-state index contributed by atoms with van der Waals surface area (Å²) in [7, 11) is 0. The second-order valence-corrected chi connectivity index (χ2v) is 5.73. The van der Waals surface area contributed by atoms with Crippen LogP contribution in [0, 0.1) is 12.8 Å². The molecule has 0 aliphatic carbocycles. The van der Waals surface area contributed by atoms with Crippen LogP contribution in [-0.2, 0) is 0 Å². The van der Waals surface area contributed by atoms with Crippen molar-refractivity contribution in [2.45, 2.75) is 20.8 Å². The highest BCUT2D eigenvalue weighted by molar-refractivity contribution is 14.1. The molecule has 0 radical (unpaired) electrons. The highest BCUT2D eigenvalue weighted by atomic mass is 127. The summed E-state index contributed by atoms with van der Waals surface area (Å²) in [6.07, 6.45) is 0. The number of nitrogens with two attached hydrogens (primary N) is 5. The van der Waals surface area contributed by atoms with Gasteiger partial charge >= 0.3 is 0 Å². The number of halogens is 1. The van der Waals surface area contributed by atoms with Crippen molar-refractivity contribution in [2.24, 2.45) is 11.7 Å². The maximum absolute atomic E-state index is 6.17. The Morgan fingerprint density at radius 3 is 1.83 bits per heavy atom. The standard InChI is InChI=1S/C12H20IN5/c1-4(2)7(13)9(15)6-5(3)8(14)11(17)12(18)10(6)16/h4H,14-18H2,1-3H3/b9-7+. The van der Waals surface area contributed by atoms with Gasteiger partial charge in [0.2, 0.25) is 0 Å². The Kier molecular flexibility index (Phi) is 4.20. The van der Waals surface area contributed by atoms with Gasteiger partial charge in [-0.1, -0.05) is 13.8 Å². The van der Waals surface area contributed by atoms with E-state index in [0.717, 1.165) is 9.14 Å². The van der Waals surface area contributed by atoms with Gasteiger partial charge in [-0.25, -0.2) is 0 Å². The summed E-state index contributed by atoms with van der Waals surface area (Å²) in [6.45, 7) is 5.96. The molecule has 0 amide bonds. The maximum atomic E-state index is 6.17. The van der Waals surface area contributed by atoms with E-state index in [1.807, 2.05) is 6.92 Å². The van der Waals surface area contributed by atoms with Gasteiger partial charge in [-0.3, -0.25) is 0 Å². The van der Waals surface area contributed by atoms with Crippen LogP contribution in [0.1, 0.15) is 25.0 Å². The summed E-state index contributed by atoms with van der Waals surface area (Å²) < 4.78 is 1.02. The Morgan fingerprint density at radius 2 is 1.39 bits per heavy atom. The molecule has 100 valence electrons. The third-order valence-corrected chi connectivity index (χ3v) is 4.78. The number of hydrogen-bond donors (Lipinski definition) is 5. The van der Waals surface area contributed by atoms with Crippen molar-refractivity contribution in [1.29, 1.82) is 0 Å². The quantitative estimate of drug-likeness (QED) is 0.407. The highest BCUT2D eigenvalue weighted by Crippen LogP contribution is 2.40. The molecule has 1 rings (SSSR count). The monoisotopic (exact) mass is 361 g/mol. The van der Waals surface area contributed by atoms with E-state index in [9.17, 15) is 0 Å². The summed E-state index contributed by atoms with van der Waals surface area (Å²) in [5.41, 5.74) is 33.3. The maximum Gasteiger partial charge on any atom is 0.0809 e. The van der Waals surface area contributed by atoms with Crippen LogP contribution in [0.5, 0.6) is 0 Å². The lowest BCUT2D eigenvalue weighted by Gasteiger charge is -2.19. The zero-order valence-electron chi connectivity index (χ0n) is 10.8. The first kappa shape index (κ1) is 14.7. The summed E-state index contributed by atoms with van der Waals surface area (Å²) in [5.74, 6) is 0.310. The minimum atomic E-state index is 0.295. The van der Waals surface area contributed by atoms with E-state index in [0.29, 0.717) is 39.9 Å². The lowest BCUT2D eigenvalue weighted by Crippen LogP contribution is -2.13. The van der Waals surface area contributed by atoms with Crippen LogP contribution in [0.4, 0.5) is 22.7 Å². The average Bonchev–Trinajstić information content (AvgIpc) is 2.32. The topological polar surface area (TPSA) is 130 Å². The van der Waals surface area contributed by atoms with Gasteiger partial charge in [0.25, 0.3) is 0 Å². The van der Waals surface area contributed by atoms with Crippen molar-refractivity contribution in [2.75, 3.05) is 22.9 Å². The van der Waals surface area contributed by atoms with Crippen LogP contribution >= 0.6 is 22.6 Å². The number of nitrogen functional groups attached to an aromatic ring is 4. The van der Waals surface area contributed by atoms with Gasteiger partial charge in [-0.05, 0) is 41.0 Å². The number of allylic oxidation sites excluding steroid dienone is 1. The van der Waals surface area contributed by atoms with Gasteiger partial charge in [0.1, 0.15) is 0 Å². The van der Waals surface area contributed by atoms with Gasteiger partial charge < -0.3 is 28.7 Å². The first-order valence-corrected chi connectivity index (χ1v) is 6.65. The normalized spacial score (nSPS) is 12.7. The third kappa shape index (κ3) is 2.29. The number of benzene rings is 1. The Labute approximate surface area is 121 Å². The van der Waals surface area contributed by atoms with Gasteiger partial charge in [0, 0.05) is 9.14 Å².